The minimum absolute atomic E-state index is 0.0117. The summed E-state index contributed by atoms with van der Waals surface area (Å²) in [7, 11) is 2.00. The van der Waals surface area contributed by atoms with Crippen LogP contribution in [0, 0.1) is 67.0 Å². The topological polar surface area (TPSA) is 107 Å². The number of carbonyl (C=O) groups is 1. The van der Waals surface area contributed by atoms with Crippen molar-refractivity contribution < 1.29 is 30.0 Å². The van der Waals surface area contributed by atoms with Crippen LogP contribution in [0.5, 0.6) is 0 Å². The molecule has 1 heterocycles. The summed E-state index contributed by atoms with van der Waals surface area (Å²) in [5.74, 6) is 2.51. The van der Waals surface area contributed by atoms with Crippen LogP contribution in [0.3, 0.4) is 0 Å². The second-order valence-corrected chi connectivity index (χ2v) is 15.2. The molecule has 4 saturated carbocycles. The van der Waals surface area contributed by atoms with Crippen molar-refractivity contribution in [1.82, 2.24) is 0 Å². The summed E-state index contributed by atoms with van der Waals surface area (Å²) >= 11 is 0. The predicted octanol–water partition coefficient (Wildman–Crippen LogP) is 5.16. The third-order valence-corrected chi connectivity index (χ3v) is 15.8. The molecular weight excluding hydrogens is 480 g/mol. The summed E-state index contributed by atoms with van der Waals surface area (Å²) in [5.41, 5.74) is -0.0460. The van der Waals surface area contributed by atoms with Crippen molar-refractivity contribution in [1.29, 1.82) is 0 Å². The van der Waals surface area contributed by atoms with E-state index in [4.69, 9.17) is 14.9 Å². The Hall–Kier alpha value is -0.690. The molecule has 0 aromatic heterocycles. The Balaban J connectivity index is 0.000000236. The molecule has 4 bridgehead atoms. The quantitative estimate of drug-likeness (QED) is 0.361. The highest BCUT2D eigenvalue weighted by Gasteiger charge is 2.83. The number of carbonyl (C=O) groups excluding carboxylic acids is 1. The molecule has 6 heteroatoms. The Labute approximate surface area is 232 Å². The van der Waals surface area contributed by atoms with E-state index < -0.39 is 0 Å². The molecule has 12 atom stereocenters. The average molecular weight is 541 g/mol. The number of ether oxygens (including phenoxy) is 1. The number of hydrogen-bond donors (Lipinski definition) is 4. The van der Waals surface area contributed by atoms with Crippen molar-refractivity contribution in [2.75, 3.05) is 34.0 Å². The van der Waals surface area contributed by atoms with Crippen molar-refractivity contribution in [2.45, 2.75) is 95.9 Å². The summed E-state index contributed by atoms with van der Waals surface area (Å²) in [6, 6.07) is 0. The third-order valence-electron chi connectivity index (χ3n) is 15.8. The molecule has 4 N–H and O–H groups in total. The van der Waals surface area contributed by atoms with Gasteiger partial charge < -0.3 is 25.2 Å². The highest BCUT2D eigenvalue weighted by molar-refractivity contribution is 5.82. The van der Waals surface area contributed by atoms with Gasteiger partial charge in [0.15, 0.2) is 0 Å². The zero-order chi connectivity index (χ0) is 30.1. The van der Waals surface area contributed by atoms with Crippen molar-refractivity contribution in [3.05, 3.63) is 0 Å². The molecule has 5 rings (SSSR count). The molecule has 0 radical (unpaired) electrons. The van der Waals surface area contributed by atoms with Crippen LogP contribution in [0.15, 0.2) is 0 Å². The summed E-state index contributed by atoms with van der Waals surface area (Å²) in [5, 5.41) is 34.0. The highest BCUT2D eigenvalue weighted by atomic mass is 16.5. The van der Waals surface area contributed by atoms with Crippen LogP contribution in [0.1, 0.15) is 95.9 Å². The fourth-order valence-corrected chi connectivity index (χ4v) is 11.4. The molecule has 5 fully saturated rings. The molecular formula is C32H60O6. The predicted molar refractivity (Wildman–Crippen MR) is 152 cm³/mol. The van der Waals surface area contributed by atoms with E-state index in [9.17, 15) is 15.0 Å². The van der Waals surface area contributed by atoms with Gasteiger partial charge in [-0.2, -0.15) is 0 Å². The largest absolute Gasteiger partial charge is 0.465 e. The van der Waals surface area contributed by atoms with Gasteiger partial charge in [0.1, 0.15) is 0 Å². The van der Waals surface area contributed by atoms with Crippen LogP contribution in [-0.2, 0) is 9.53 Å². The van der Waals surface area contributed by atoms with E-state index in [0.717, 1.165) is 20.6 Å². The molecule has 0 spiro atoms. The van der Waals surface area contributed by atoms with E-state index in [1.54, 1.807) is 0 Å². The first-order valence-corrected chi connectivity index (χ1v) is 14.6. The van der Waals surface area contributed by atoms with Crippen molar-refractivity contribution in [3.8, 4) is 0 Å². The number of esters is 1. The molecule has 1 aliphatic heterocycles. The molecule has 0 aromatic rings. The van der Waals surface area contributed by atoms with Gasteiger partial charge in [0.05, 0.1) is 12.0 Å². The Morgan fingerprint density at radius 3 is 1.32 bits per heavy atom. The van der Waals surface area contributed by atoms with Gasteiger partial charge in [-0.3, -0.25) is 4.79 Å². The lowest BCUT2D eigenvalue weighted by atomic mass is 9.45. The van der Waals surface area contributed by atoms with E-state index in [1.807, 2.05) is 0 Å². The lowest BCUT2D eigenvalue weighted by Gasteiger charge is -2.60. The molecule has 224 valence electrons. The zero-order valence-electron chi connectivity index (χ0n) is 27.0. The van der Waals surface area contributed by atoms with Gasteiger partial charge in [0, 0.05) is 43.7 Å². The maximum atomic E-state index is 12.4. The fourth-order valence-electron chi connectivity index (χ4n) is 11.4. The molecule has 0 aromatic carbocycles. The maximum absolute atomic E-state index is 12.4. The van der Waals surface area contributed by atoms with E-state index >= 15 is 0 Å². The van der Waals surface area contributed by atoms with E-state index in [2.05, 4.69) is 83.1 Å². The molecule has 1 saturated heterocycles. The standard InChI is InChI=1S/C15H24O2.C15H28O2.2CH4O/c1-9-10(2)13(4)7-12(9,3)14(5)8-17-11(16)15(13,14)6;1-10-11(2)13(4)7-12(10,3)14(5,8-16)15(13,6)9-17;2*1-2/h9-10H,7-8H2,1-6H3;10-11,16-17H,7-9H2,1-6H3;2*2H,1H3. The van der Waals surface area contributed by atoms with Crippen LogP contribution in [0.4, 0.5) is 0 Å². The van der Waals surface area contributed by atoms with Crippen molar-refractivity contribution in [2.24, 2.45) is 67.0 Å². The zero-order valence-corrected chi connectivity index (χ0v) is 27.0. The number of cyclic esters (lactones) is 1. The molecule has 12 unspecified atom stereocenters. The summed E-state index contributed by atoms with van der Waals surface area (Å²) in [6.07, 6.45) is 2.29. The third kappa shape index (κ3) is 3.13. The lowest BCUT2D eigenvalue weighted by molar-refractivity contribution is -0.168. The maximum Gasteiger partial charge on any atom is 0.313 e. The SMILES string of the molecule is CC1C(C)C2(C)CC1(C)C(C)(CO)C2(C)CO.CC1C(C)C2(C)CC1(C)C1(C)COC(=O)C21C.CO.CO. The van der Waals surface area contributed by atoms with Crippen LogP contribution >= 0.6 is 0 Å². The van der Waals surface area contributed by atoms with Crippen molar-refractivity contribution in [3.63, 3.8) is 0 Å². The van der Waals surface area contributed by atoms with Crippen molar-refractivity contribution >= 4 is 5.97 Å². The monoisotopic (exact) mass is 540 g/mol. The Morgan fingerprint density at radius 1 is 0.632 bits per heavy atom. The van der Waals surface area contributed by atoms with Gasteiger partial charge in [0.25, 0.3) is 0 Å². The van der Waals surface area contributed by atoms with E-state index in [1.165, 1.54) is 6.42 Å². The minimum atomic E-state index is -0.291. The van der Waals surface area contributed by atoms with Crippen LogP contribution < -0.4 is 0 Å². The van der Waals surface area contributed by atoms with Gasteiger partial charge in [-0.25, -0.2) is 0 Å². The van der Waals surface area contributed by atoms with Crippen LogP contribution in [0.2, 0.25) is 0 Å². The lowest BCUT2D eigenvalue weighted by Crippen LogP contribution is -2.59. The van der Waals surface area contributed by atoms with Gasteiger partial charge in [-0.05, 0) is 65.1 Å². The first-order valence-electron chi connectivity index (χ1n) is 14.6. The Morgan fingerprint density at radius 2 is 0.947 bits per heavy atom. The number of aliphatic hydroxyl groups is 4. The summed E-state index contributed by atoms with van der Waals surface area (Å²) in [4.78, 5) is 12.4. The molecule has 6 nitrogen and oxygen atoms in total. The highest BCUT2D eigenvalue weighted by Crippen LogP contribution is 2.83. The summed E-state index contributed by atoms with van der Waals surface area (Å²) in [6.45, 7) is 28.4. The molecule has 38 heavy (non-hydrogen) atoms. The van der Waals surface area contributed by atoms with E-state index in [0.29, 0.717) is 30.3 Å². The van der Waals surface area contributed by atoms with Gasteiger partial charge in [0.2, 0.25) is 0 Å². The molecule has 5 aliphatic rings. The molecule has 0 amide bonds. The minimum Gasteiger partial charge on any atom is -0.465 e. The second kappa shape index (κ2) is 9.70. The first kappa shape index (κ1) is 33.5. The number of rotatable bonds is 2. The van der Waals surface area contributed by atoms with Gasteiger partial charge in [-0.15, -0.1) is 0 Å². The summed E-state index contributed by atoms with van der Waals surface area (Å²) < 4.78 is 5.49. The normalized spacial score (nSPS) is 57.2. The Bertz CT molecular complexity index is 876. The van der Waals surface area contributed by atoms with Gasteiger partial charge in [-0.1, -0.05) is 76.2 Å². The first-order chi connectivity index (χ1) is 17.3. The number of fused-ring (bicyclic) bond motifs is 7. The fraction of sp³-hybridized carbons (Fsp3) is 0.969. The molecule has 4 aliphatic carbocycles. The average Bonchev–Trinajstić information content (AvgIpc) is 3.45. The second-order valence-electron chi connectivity index (χ2n) is 15.2. The smallest absolute Gasteiger partial charge is 0.313 e. The Kier molecular flexibility index (Phi) is 8.56. The van der Waals surface area contributed by atoms with Crippen LogP contribution in [0.25, 0.3) is 0 Å². The number of hydrogen-bond acceptors (Lipinski definition) is 6. The van der Waals surface area contributed by atoms with Gasteiger partial charge >= 0.3 is 5.97 Å². The number of aliphatic hydroxyl groups excluding tert-OH is 4. The van der Waals surface area contributed by atoms with E-state index in [-0.39, 0.29) is 62.5 Å². The van der Waals surface area contributed by atoms with Crippen LogP contribution in [-0.4, -0.2) is 60.4 Å².